The van der Waals surface area contributed by atoms with Gasteiger partial charge in [-0.15, -0.1) is 0 Å². The summed E-state index contributed by atoms with van der Waals surface area (Å²) in [5, 5.41) is 13.7. The largest absolute Gasteiger partial charge is 0.478 e. The Kier molecular flexibility index (Phi) is 6.60. The number of carboxylic acid groups (broad SMARTS) is 1. The van der Waals surface area contributed by atoms with Crippen LogP contribution < -0.4 is 5.43 Å². The molecule has 1 aromatic heterocycles. The lowest BCUT2D eigenvalue weighted by Gasteiger charge is -2.20. The molecular weight excluding hydrogens is 447 g/mol. The molecule has 35 heavy (non-hydrogen) atoms. The number of hydrogen-bond acceptors (Lipinski definition) is 5. The van der Waals surface area contributed by atoms with E-state index < -0.39 is 17.8 Å². The van der Waals surface area contributed by atoms with Crippen LogP contribution >= 0.6 is 0 Å². The molecule has 0 saturated carbocycles. The fourth-order valence-corrected chi connectivity index (χ4v) is 4.51. The second kappa shape index (κ2) is 9.62. The van der Waals surface area contributed by atoms with Gasteiger partial charge in [0.15, 0.2) is 5.43 Å². The molecule has 0 aliphatic heterocycles. The highest BCUT2D eigenvalue weighted by atomic mass is 19.1. The van der Waals surface area contributed by atoms with E-state index in [1.807, 2.05) is 50.2 Å². The van der Waals surface area contributed by atoms with Gasteiger partial charge in [0, 0.05) is 11.1 Å². The predicted molar refractivity (Wildman–Crippen MR) is 132 cm³/mol. The van der Waals surface area contributed by atoms with Crippen LogP contribution in [0.1, 0.15) is 57.9 Å². The maximum absolute atomic E-state index is 13.7. The van der Waals surface area contributed by atoms with Gasteiger partial charge in [-0.3, -0.25) is 4.79 Å². The van der Waals surface area contributed by atoms with E-state index >= 15 is 0 Å². The smallest absolute Gasteiger partial charge is 0.336 e. The van der Waals surface area contributed by atoms with Gasteiger partial charge in [0.25, 0.3) is 0 Å². The monoisotopic (exact) mass is 472 g/mol. The first-order valence-corrected chi connectivity index (χ1v) is 11.2. The fraction of sp³-hybridized carbons (Fsp3) is 0.214. The number of halogens is 1. The highest BCUT2D eigenvalue weighted by molar-refractivity contribution is 5.89. The van der Waals surface area contributed by atoms with Crippen LogP contribution in [0.15, 0.2) is 75.0 Å². The third-order valence-electron chi connectivity index (χ3n) is 6.30. The van der Waals surface area contributed by atoms with Gasteiger partial charge in [0.05, 0.1) is 17.0 Å². The maximum Gasteiger partial charge on any atom is 0.336 e. The lowest BCUT2D eigenvalue weighted by molar-refractivity contribution is 0.0694. The van der Waals surface area contributed by atoms with Crippen molar-refractivity contribution in [3.8, 4) is 11.3 Å². The Morgan fingerprint density at radius 1 is 1.09 bits per heavy atom. The van der Waals surface area contributed by atoms with Crippen LogP contribution in [-0.4, -0.2) is 11.1 Å². The number of hydrogen-bond donors (Lipinski definition) is 2. The zero-order valence-corrected chi connectivity index (χ0v) is 19.6. The Morgan fingerprint density at radius 2 is 1.80 bits per heavy atom. The van der Waals surface area contributed by atoms with Crippen molar-refractivity contribution in [1.29, 1.82) is 5.53 Å². The topological polar surface area (TPSA) is 104 Å². The predicted octanol–water partition coefficient (Wildman–Crippen LogP) is 7.18. The number of rotatable bonds is 7. The average molecular weight is 473 g/mol. The molecule has 2 unspecified atom stereocenters. The molecule has 6 nitrogen and oxygen atoms in total. The second-order valence-corrected chi connectivity index (χ2v) is 8.80. The third kappa shape index (κ3) is 4.62. The van der Waals surface area contributed by atoms with Crippen molar-refractivity contribution in [2.75, 3.05) is 0 Å². The fourth-order valence-electron chi connectivity index (χ4n) is 4.51. The highest BCUT2D eigenvalue weighted by Crippen LogP contribution is 2.37. The van der Waals surface area contributed by atoms with Gasteiger partial charge >= 0.3 is 5.97 Å². The van der Waals surface area contributed by atoms with Crippen molar-refractivity contribution in [2.45, 2.75) is 39.2 Å². The van der Waals surface area contributed by atoms with E-state index in [2.05, 4.69) is 5.11 Å². The maximum atomic E-state index is 13.7. The minimum atomic E-state index is -1.28. The first kappa shape index (κ1) is 24.0. The molecule has 0 aliphatic rings. The minimum Gasteiger partial charge on any atom is -0.478 e. The van der Waals surface area contributed by atoms with Gasteiger partial charge in [-0.05, 0) is 61.1 Å². The molecule has 3 aromatic carbocycles. The van der Waals surface area contributed by atoms with E-state index in [0.717, 1.165) is 22.8 Å². The van der Waals surface area contributed by atoms with E-state index in [9.17, 15) is 19.1 Å². The summed E-state index contributed by atoms with van der Waals surface area (Å²) in [6.45, 7) is 5.55. The normalized spacial score (nSPS) is 12.9. The molecule has 4 aromatic rings. The first-order chi connectivity index (χ1) is 16.7. The van der Waals surface area contributed by atoms with Crippen LogP contribution in [-0.2, 0) is 0 Å². The van der Waals surface area contributed by atoms with Crippen molar-refractivity contribution in [2.24, 2.45) is 5.11 Å². The first-order valence-electron chi connectivity index (χ1n) is 11.2. The van der Waals surface area contributed by atoms with Gasteiger partial charge in [0.2, 0.25) is 0 Å². The number of carboxylic acids is 1. The lowest BCUT2D eigenvalue weighted by Crippen LogP contribution is -2.11. The quantitative estimate of drug-likeness (QED) is 0.278. The minimum absolute atomic E-state index is 0.115. The van der Waals surface area contributed by atoms with Gasteiger partial charge in [-0.1, -0.05) is 49.4 Å². The summed E-state index contributed by atoms with van der Waals surface area (Å²) in [7, 11) is 0. The van der Waals surface area contributed by atoms with Crippen LogP contribution in [0.3, 0.4) is 0 Å². The Hall–Kier alpha value is -4.13. The summed E-state index contributed by atoms with van der Waals surface area (Å²) in [6.07, 6.45) is 0.270. The zero-order valence-electron chi connectivity index (χ0n) is 19.6. The molecule has 0 aliphatic carbocycles. The molecule has 0 fully saturated rings. The number of aryl methyl sites for hydroxylation is 1. The van der Waals surface area contributed by atoms with Crippen LogP contribution in [0.5, 0.6) is 0 Å². The van der Waals surface area contributed by atoms with Gasteiger partial charge in [0.1, 0.15) is 17.2 Å². The number of fused-ring (bicyclic) bond motifs is 1. The summed E-state index contributed by atoms with van der Waals surface area (Å²) < 4.78 is 20.0. The SMILES string of the molecule is Cc1cc(C(C)CC(N=N)c2ccc(F)cc2C(=O)O)c2oc(-c3ccccc3)c(C)c(=O)c2c1. The number of nitrogens with one attached hydrogen (secondary N) is 1. The van der Waals surface area contributed by atoms with Crippen LogP contribution in [0.2, 0.25) is 0 Å². The van der Waals surface area contributed by atoms with E-state index in [4.69, 9.17) is 9.95 Å². The molecule has 0 radical (unpaired) electrons. The number of nitrogens with zero attached hydrogens (tertiary/aromatic N) is 1. The number of benzene rings is 3. The molecule has 0 amide bonds. The van der Waals surface area contributed by atoms with Gasteiger partial charge in [-0.2, -0.15) is 5.11 Å². The third-order valence-corrected chi connectivity index (χ3v) is 6.30. The Bertz CT molecular complexity index is 1490. The molecule has 0 bridgehead atoms. The van der Waals surface area contributed by atoms with Crippen molar-refractivity contribution in [3.63, 3.8) is 0 Å². The molecule has 2 atom stereocenters. The number of carbonyl (C=O) groups is 1. The molecule has 0 spiro atoms. The Morgan fingerprint density at radius 3 is 2.46 bits per heavy atom. The average Bonchev–Trinajstić information content (AvgIpc) is 2.85. The van der Waals surface area contributed by atoms with Crippen molar-refractivity contribution in [1.82, 2.24) is 0 Å². The van der Waals surface area contributed by atoms with Crippen LogP contribution in [0.4, 0.5) is 4.39 Å². The Balaban J connectivity index is 1.83. The highest BCUT2D eigenvalue weighted by Gasteiger charge is 2.25. The lowest BCUT2D eigenvalue weighted by atomic mass is 9.87. The van der Waals surface area contributed by atoms with E-state index in [1.54, 1.807) is 13.0 Å². The van der Waals surface area contributed by atoms with E-state index in [0.29, 0.717) is 22.3 Å². The summed E-state index contributed by atoms with van der Waals surface area (Å²) in [6, 6.07) is 15.8. The molecular formula is C28H25FN2O4. The van der Waals surface area contributed by atoms with Crippen molar-refractivity contribution < 1.29 is 18.7 Å². The number of aromatic carboxylic acids is 1. The zero-order chi connectivity index (χ0) is 25.3. The standard InChI is InChI=1S/C28H25FN2O4/c1-15-11-21(16(2)13-24(31-30)20-10-9-19(29)14-22(20)28(33)34)27-23(12-15)25(32)17(3)26(35-27)18-7-5-4-6-8-18/h4-12,14,16,24,30H,13H2,1-3H3,(H,33,34). The van der Waals surface area contributed by atoms with E-state index in [-0.39, 0.29) is 28.9 Å². The van der Waals surface area contributed by atoms with Crippen LogP contribution in [0, 0.1) is 25.2 Å². The van der Waals surface area contributed by atoms with Crippen LogP contribution in [0.25, 0.3) is 22.3 Å². The molecule has 1 heterocycles. The van der Waals surface area contributed by atoms with Crippen molar-refractivity contribution in [3.05, 3.63) is 105 Å². The van der Waals surface area contributed by atoms with E-state index in [1.165, 1.54) is 12.1 Å². The molecule has 7 heteroatoms. The molecule has 178 valence electrons. The van der Waals surface area contributed by atoms with Gasteiger partial charge < -0.3 is 9.52 Å². The summed E-state index contributed by atoms with van der Waals surface area (Å²) in [5.41, 5.74) is 11.1. The van der Waals surface area contributed by atoms with Gasteiger partial charge in [-0.25, -0.2) is 14.7 Å². The second-order valence-electron chi connectivity index (χ2n) is 8.80. The summed E-state index contributed by atoms with van der Waals surface area (Å²) in [5.74, 6) is -1.71. The molecule has 4 rings (SSSR count). The molecule has 2 N–H and O–H groups in total. The summed E-state index contributed by atoms with van der Waals surface area (Å²) >= 11 is 0. The Labute approximate surface area is 201 Å². The summed E-state index contributed by atoms with van der Waals surface area (Å²) in [4.78, 5) is 25.0. The van der Waals surface area contributed by atoms with Crippen molar-refractivity contribution >= 4 is 16.9 Å². The molecule has 0 saturated heterocycles.